The summed E-state index contributed by atoms with van der Waals surface area (Å²) in [6, 6.07) is 3.63. The molecule has 0 bridgehead atoms. The standard InChI is InChI=1S/C12H16O3/c1-3-4-9-7-10(5-6-13)12(14)11(8-9)15-2/h3,7-8,13-14H,1,4-6H2,2H3. The molecule has 0 amide bonds. The first kappa shape index (κ1) is 11.6. The number of phenols is 1. The smallest absolute Gasteiger partial charge is 0.161 e. The van der Waals surface area contributed by atoms with Crippen molar-refractivity contribution in [3.05, 3.63) is 35.9 Å². The first-order valence-corrected chi connectivity index (χ1v) is 4.83. The first-order chi connectivity index (χ1) is 7.22. The summed E-state index contributed by atoms with van der Waals surface area (Å²) < 4.78 is 5.05. The molecule has 0 atom stereocenters. The van der Waals surface area contributed by atoms with Crippen LogP contribution in [0.5, 0.6) is 11.5 Å². The van der Waals surface area contributed by atoms with Gasteiger partial charge in [-0.25, -0.2) is 0 Å². The van der Waals surface area contributed by atoms with Crippen molar-refractivity contribution in [2.45, 2.75) is 12.8 Å². The Kier molecular flexibility index (Phi) is 4.18. The van der Waals surface area contributed by atoms with Gasteiger partial charge in [0.1, 0.15) is 0 Å². The van der Waals surface area contributed by atoms with E-state index in [1.165, 1.54) is 7.11 Å². The zero-order chi connectivity index (χ0) is 11.3. The fraction of sp³-hybridized carbons (Fsp3) is 0.333. The lowest BCUT2D eigenvalue weighted by molar-refractivity contribution is 0.296. The Morgan fingerprint density at radius 3 is 2.73 bits per heavy atom. The molecular weight excluding hydrogens is 192 g/mol. The lowest BCUT2D eigenvalue weighted by Crippen LogP contribution is -1.96. The molecule has 1 rings (SSSR count). The molecule has 0 heterocycles. The van der Waals surface area contributed by atoms with Crippen LogP contribution in [0.1, 0.15) is 11.1 Å². The van der Waals surface area contributed by atoms with Crippen molar-refractivity contribution in [2.24, 2.45) is 0 Å². The summed E-state index contributed by atoms with van der Waals surface area (Å²) >= 11 is 0. The van der Waals surface area contributed by atoms with Gasteiger partial charge in [0.2, 0.25) is 0 Å². The SMILES string of the molecule is C=CCc1cc(CCO)c(O)c(OC)c1. The summed E-state index contributed by atoms with van der Waals surface area (Å²) in [6.07, 6.45) is 2.93. The average Bonchev–Trinajstić information content (AvgIpc) is 2.23. The first-order valence-electron chi connectivity index (χ1n) is 4.83. The molecule has 1 aromatic carbocycles. The van der Waals surface area contributed by atoms with Crippen LogP contribution in [0, 0.1) is 0 Å². The summed E-state index contributed by atoms with van der Waals surface area (Å²) in [5, 5.41) is 18.6. The normalized spacial score (nSPS) is 10.0. The summed E-state index contributed by atoms with van der Waals surface area (Å²) in [5.74, 6) is 0.553. The Morgan fingerprint density at radius 1 is 1.47 bits per heavy atom. The molecule has 2 N–H and O–H groups in total. The van der Waals surface area contributed by atoms with E-state index in [0.717, 1.165) is 12.0 Å². The summed E-state index contributed by atoms with van der Waals surface area (Å²) in [5.41, 5.74) is 1.72. The number of hydrogen-bond donors (Lipinski definition) is 2. The summed E-state index contributed by atoms with van der Waals surface area (Å²) in [4.78, 5) is 0. The van der Waals surface area contributed by atoms with Gasteiger partial charge in [-0.1, -0.05) is 12.1 Å². The largest absolute Gasteiger partial charge is 0.504 e. The molecule has 0 saturated heterocycles. The van der Waals surface area contributed by atoms with Crippen LogP contribution in [0.25, 0.3) is 0 Å². The molecule has 0 fully saturated rings. The van der Waals surface area contributed by atoms with Crippen molar-refractivity contribution in [3.8, 4) is 11.5 Å². The highest BCUT2D eigenvalue weighted by atomic mass is 16.5. The van der Waals surface area contributed by atoms with Crippen LogP contribution in [0.15, 0.2) is 24.8 Å². The second kappa shape index (κ2) is 5.41. The average molecular weight is 208 g/mol. The predicted molar refractivity (Wildman–Crippen MR) is 59.3 cm³/mol. The van der Waals surface area contributed by atoms with E-state index in [1.54, 1.807) is 12.1 Å². The number of benzene rings is 1. The van der Waals surface area contributed by atoms with E-state index in [2.05, 4.69) is 6.58 Å². The van der Waals surface area contributed by atoms with E-state index in [-0.39, 0.29) is 12.4 Å². The van der Waals surface area contributed by atoms with Crippen LogP contribution in [0.2, 0.25) is 0 Å². The maximum absolute atomic E-state index is 9.75. The molecule has 0 radical (unpaired) electrons. The Bertz CT molecular complexity index is 345. The molecule has 1 aromatic rings. The molecule has 0 spiro atoms. The number of hydrogen-bond acceptors (Lipinski definition) is 3. The van der Waals surface area contributed by atoms with E-state index >= 15 is 0 Å². The second-order valence-corrected chi connectivity index (χ2v) is 3.27. The zero-order valence-corrected chi connectivity index (χ0v) is 8.86. The fourth-order valence-corrected chi connectivity index (χ4v) is 1.48. The van der Waals surface area contributed by atoms with Gasteiger partial charge in [-0.2, -0.15) is 0 Å². The molecule has 15 heavy (non-hydrogen) atoms. The lowest BCUT2D eigenvalue weighted by Gasteiger charge is -2.10. The number of ether oxygens (including phenoxy) is 1. The second-order valence-electron chi connectivity index (χ2n) is 3.27. The van der Waals surface area contributed by atoms with Gasteiger partial charge < -0.3 is 14.9 Å². The van der Waals surface area contributed by atoms with Crippen molar-refractivity contribution in [2.75, 3.05) is 13.7 Å². The van der Waals surface area contributed by atoms with Crippen LogP contribution in [-0.2, 0) is 12.8 Å². The molecule has 0 aliphatic carbocycles. The molecule has 0 unspecified atom stereocenters. The van der Waals surface area contributed by atoms with Gasteiger partial charge in [-0.15, -0.1) is 6.58 Å². The zero-order valence-electron chi connectivity index (χ0n) is 8.86. The van der Waals surface area contributed by atoms with E-state index in [4.69, 9.17) is 9.84 Å². The minimum atomic E-state index is 0.00819. The van der Waals surface area contributed by atoms with Gasteiger partial charge in [0.25, 0.3) is 0 Å². The highest BCUT2D eigenvalue weighted by molar-refractivity contribution is 5.49. The van der Waals surface area contributed by atoms with E-state index in [1.807, 2.05) is 6.07 Å². The number of phenolic OH excluding ortho intramolecular Hbond substituents is 1. The maximum Gasteiger partial charge on any atom is 0.161 e. The molecule has 0 saturated carbocycles. The lowest BCUT2D eigenvalue weighted by atomic mass is 10.0. The molecular formula is C12H16O3. The van der Waals surface area contributed by atoms with Gasteiger partial charge in [0.05, 0.1) is 7.11 Å². The fourth-order valence-electron chi connectivity index (χ4n) is 1.48. The van der Waals surface area contributed by atoms with Crippen molar-refractivity contribution in [3.63, 3.8) is 0 Å². The van der Waals surface area contributed by atoms with Gasteiger partial charge in [-0.3, -0.25) is 0 Å². The Hall–Kier alpha value is -1.48. The van der Waals surface area contributed by atoms with Gasteiger partial charge in [0, 0.05) is 12.2 Å². The molecule has 0 aliphatic heterocycles. The number of methoxy groups -OCH3 is 1. The van der Waals surface area contributed by atoms with Gasteiger partial charge >= 0.3 is 0 Å². The highest BCUT2D eigenvalue weighted by Crippen LogP contribution is 2.31. The van der Waals surface area contributed by atoms with Crippen LogP contribution in [-0.4, -0.2) is 23.9 Å². The van der Waals surface area contributed by atoms with Crippen LogP contribution in [0.3, 0.4) is 0 Å². The topological polar surface area (TPSA) is 49.7 Å². The van der Waals surface area contributed by atoms with Gasteiger partial charge in [0.15, 0.2) is 11.5 Å². The quantitative estimate of drug-likeness (QED) is 0.723. The predicted octanol–water partition coefficient (Wildman–Crippen LogP) is 1.66. The summed E-state index contributed by atoms with van der Waals surface area (Å²) in [6.45, 7) is 3.67. The van der Waals surface area contributed by atoms with Crippen LogP contribution < -0.4 is 4.74 Å². The molecule has 3 heteroatoms. The number of allylic oxidation sites excluding steroid dienone is 1. The van der Waals surface area contributed by atoms with Gasteiger partial charge in [-0.05, 0) is 24.5 Å². The third-order valence-corrected chi connectivity index (χ3v) is 2.19. The van der Waals surface area contributed by atoms with Crippen molar-refractivity contribution in [1.82, 2.24) is 0 Å². The van der Waals surface area contributed by atoms with Crippen molar-refractivity contribution in [1.29, 1.82) is 0 Å². The Labute approximate surface area is 89.6 Å². The van der Waals surface area contributed by atoms with E-state index in [9.17, 15) is 5.11 Å². The minimum absolute atomic E-state index is 0.00819. The van der Waals surface area contributed by atoms with Crippen LogP contribution in [0.4, 0.5) is 0 Å². The minimum Gasteiger partial charge on any atom is -0.504 e. The van der Waals surface area contributed by atoms with E-state index < -0.39 is 0 Å². The third kappa shape index (κ3) is 2.73. The molecule has 0 aliphatic rings. The van der Waals surface area contributed by atoms with E-state index in [0.29, 0.717) is 17.7 Å². The summed E-state index contributed by atoms with van der Waals surface area (Å²) in [7, 11) is 1.51. The number of aliphatic hydroxyl groups excluding tert-OH is 1. The number of aliphatic hydroxyl groups is 1. The third-order valence-electron chi connectivity index (χ3n) is 2.19. The molecule has 0 aromatic heterocycles. The van der Waals surface area contributed by atoms with Crippen LogP contribution >= 0.6 is 0 Å². The molecule has 82 valence electrons. The Morgan fingerprint density at radius 2 is 2.20 bits per heavy atom. The monoisotopic (exact) mass is 208 g/mol. The Balaban J connectivity index is 3.12. The maximum atomic E-state index is 9.75. The van der Waals surface area contributed by atoms with Crippen molar-refractivity contribution < 1.29 is 14.9 Å². The highest BCUT2D eigenvalue weighted by Gasteiger charge is 2.09. The number of aromatic hydroxyl groups is 1. The van der Waals surface area contributed by atoms with Crippen molar-refractivity contribution >= 4 is 0 Å². The molecule has 3 nitrogen and oxygen atoms in total. The number of rotatable bonds is 5.